The number of aromatic nitrogens is 2. The van der Waals surface area contributed by atoms with E-state index in [-0.39, 0.29) is 0 Å². The summed E-state index contributed by atoms with van der Waals surface area (Å²) in [6.45, 7) is 0. The number of nitrogens with zero attached hydrogens (tertiary/aromatic N) is 3. The zero-order chi connectivity index (χ0) is 9.54. The number of benzene rings is 1. The number of nitrogens with one attached hydrogen (secondary N) is 1. The topological polar surface area (TPSA) is 76.2 Å². The van der Waals surface area contributed by atoms with Crippen LogP contribution in [0.4, 0.5) is 5.82 Å². The predicted molar refractivity (Wildman–Crippen MR) is 53.1 cm³/mol. The zero-order valence-corrected chi connectivity index (χ0v) is 7.23. The van der Waals surface area contributed by atoms with E-state index in [2.05, 4.69) is 20.6 Å². The Morgan fingerprint density at radius 1 is 1.29 bits per heavy atom. The second-order valence-electron chi connectivity index (χ2n) is 3.04. The van der Waals surface area contributed by atoms with Gasteiger partial charge in [-0.25, -0.2) is 10.8 Å². The Morgan fingerprint density at radius 2 is 2.21 bits per heavy atom. The molecular weight excluding hydrogens is 178 g/mol. The molecule has 5 nitrogen and oxygen atoms in total. The third-order valence-corrected chi connectivity index (χ3v) is 2.28. The van der Waals surface area contributed by atoms with Crippen LogP contribution in [0, 0.1) is 0 Å². The lowest BCUT2D eigenvalue weighted by atomic mass is 10.1. The monoisotopic (exact) mass is 185 g/mol. The third kappa shape index (κ3) is 0.789. The summed E-state index contributed by atoms with van der Waals surface area (Å²) < 4.78 is 0. The lowest BCUT2D eigenvalue weighted by Gasteiger charge is -2.00. The van der Waals surface area contributed by atoms with Gasteiger partial charge >= 0.3 is 0 Å². The molecule has 0 fully saturated rings. The summed E-state index contributed by atoms with van der Waals surface area (Å²) in [7, 11) is 0. The summed E-state index contributed by atoms with van der Waals surface area (Å²) in [5.41, 5.74) is 3.53. The highest BCUT2D eigenvalue weighted by atomic mass is 15.3. The number of hydrogen-bond acceptors (Lipinski definition) is 5. The highest BCUT2D eigenvalue weighted by Crippen LogP contribution is 2.31. The smallest absolute Gasteiger partial charge is 0.185 e. The van der Waals surface area contributed by atoms with Gasteiger partial charge in [0.2, 0.25) is 0 Å². The molecule has 0 unspecified atom stereocenters. The highest BCUT2D eigenvalue weighted by molar-refractivity contribution is 6.17. The molecule has 2 aromatic rings. The molecule has 3 N–H and O–H groups in total. The van der Waals surface area contributed by atoms with Crippen LogP contribution in [0.25, 0.3) is 10.8 Å². The van der Waals surface area contributed by atoms with Gasteiger partial charge < -0.3 is 5.43 Å². The molecule has 0 saturated carbocycles. The van der Waals surface area contributed by atoms with Crippen LogP contribution in [0.2, 0.25) is 0 Å². The molecule has 2 heterocycles. The molecule has 0 bridgehead atoms. The molecule has 1 aliphatic heterocycles. The van der Waals surface area contributed by atoms with Gasteiger partial charge in [-0.1, -0.05) is 18.2 Å². The quantitative estimate of drug-likeness (QED) is 0.462. The van der Waals surface area contributed by atoms with Crippen LogP contribution >= 0.6 is 0 Å². The molecule has 0 aliphatic carbocycles. The molecule has 0 amide bonds. The molecule has 0 spiro atoms. The maximum Gasteiger partial charge on any atom is 0.185 e. The van der Waals surface area contributed by atoms with Crippen molar-refractivity contribution in [3.63, 3.8) is 0 Å². The second-order valence-corrected chi connectivity index (χ2v) is 3.04. The van der Waals surface area contributed by atoms with Crippen LogP contribution in [-0.4, -0.2) is 16.0 Å². The Bertz CT molecular complexity index is 541. The van der Waals surface area contributed by atoms with E-state index in [1.807, 2.05) is 18.2 Å². The Morgan fingerprint density at radius 3 is 3.07 bits per heavy atom. The number of aliphatic imine (C=N–C) groups is 1. The van der Waals surface area contributed by atoms with Crippen LogP contribution in [-0.2, 0) is 0 Å². The summed E-state index contributed by atoms with van der Waals surface area (Å²) in [5.74, 6) is 6.63. The number of hydrogen-bond donors (Lipinski definition) is 2. The number of amidine groups is 1. The van der Waals surface area contributed by atoms with E-state index in [9.17, 15) is 0 Å². The van der Waals surface area contributed by atoms with Gasteiger partial charge in [-0.2, -0.15) is 5.10 Å². The molecule has 0 saturated heterocycles. The summed E-state index contributed by atoms with van der Waals surface area (Å²) in [6, 6.07) is 5.88. The molecular formula is C9H7N5. The number of hydrazine groups is 1. The molecule has 1 aromatic heterocycles. The molecule has 0 radical (unpaired) electrons. The van der Waals surface area contributed by atoms with E-state index in [1.165, 1.54) is 0 Å². The van der Waals surface area contributed by atoms with E-state index >= 15 is 0 Å². The Balaban J connectivity index is 2.46. The first kappa shape index (κ1) is 7.40. The SMILES string of the molecule is NNC1=Nc2nncc3cccc1c23. The van der Waals surface area contributed by atoms with E-state index < -0.39 is 0 Å². The molecule has 1 aliphatic rings. The second kappa shape index (κ2) is 2.49. The molecule has 68 valence electrons. The summed E-state index contributed by atoms with van der Waals surface area (Å²) >= 11 is 0. The van der Waals surface area contributed by atoms with Gasteiger partial charge in [0.25, 0.3) is 0 Å². The van der Waals surface area contributed by atoms with Crippen molar-refractivity contribution in [1.29, 1.82) is 0 Å². The fraction of sp³-hybridized carbons (Fsp3) is 0. The van der Waals surface area contributed by atoms with Gasteiger partial charge in [0.1, 0.15) is 0 Å². The lowest BCUT2D eigenvalue weighted by molar-refractivity contribution is 1.02. The van der Waals surface area contributed by atoms with E-state index in [0.29, 0.717) is 11.7 Å². The molecule has 0 atom stereocenters. The predicted octanol–water partition coefficient (Wildman–Crippen LogP) is 0.485. The largest absolute Gasteiger partial charge is 0.308 e. The minimum Gasteiger partial charge on any atom is -0.308 e. The van der Waals surface area contributed by atoms with E-state index in [1.54, 1.807) is 6.20 Å². The maximum absolute atomic E-state index is 5.36. The van der Waals surface area contributed by atoms with Crippen molar-refractivity contribution in [3.05, 3.63) is 30.0 Å². The van der Waals surface area contributed by atoms with Gasteiger partial charge in [0, 0.05) is 16.3 Å². The van der Waals surface area contributed by atoms with Crippen molar-refractivity contribution >= 4 is 22.4 Å². The molecule has 1 aromatic carbocycles. The summed E-state index contributed by atoms with van der Waals surface area (Å²) in [6.07, 6.45) is 1.72. The fourth-order valence-corrected chi connectivity index (χ4v) is 1.67. The van der Waals surface area contributed by atoms with Crippen molar-refractivity contribution in [2.45, 2.75) is 0 Å². The van der Waals surface area contributed by atoms with Crippen molar-refractivity contribution < 1.29 is 0 Å². The van der Waals surface area contributed by atoms with Crippen molar-refractivity contribution in [1.82, 2.24) is 15.6 Å². The fourth-order valence-electron chi connectivity index (χ4n) is 1.67. The standard InChI is InChI=1S/C9H7N5/c10-13-8-6-3-1-2-5-4-11-14-9(12-8)7(5)6/h1-4H,10H2,(H,12,13,14). The van der Waals surface area contributed by atoms with E-state index in [4.69, 9.17) is 5.84 Å². The van der Waals surface area contributed by atoms with E-state index in [0.717, 1.165) is 16.3 Å². The van der Waals surface area contributed by atoms with Gasteiger partial charge in [-0.15, -0.1) is 5.10 Å². The Labute approximate surface area is 79.6 Å². The number of nitrogens with two attached hydrogens (primary N) is 1. The third-order valence-electron chi connectivity index (χ3n) is 2.28. The van der Waals surface area contributed by atoms with Gasteiger partial charge in [0.05, 0.1) is 6.20 Å². The number of rotatable bonds is 0. The first-order valence-electron chi connectivity index (χ1n) is 4.20. The molecule has 14 heavy (non-hydrogen) atoms. The first-order chi connectivity index (χ1) is 6.90. The van der Waals surface area contributed by atoms with Crippen LogP contribution < -0.4 is 11.3 Å². The summed E-state index contributed by atoms with van der Waals surface area (Å²) in [5, 5.41) is 9.84. The zero-order valence-electron chi connectivity index (χ0n) is 7.23. The Kier molecular flexibility index (Phi) is 1.32. The molecule has 5 heteroatoms. The van der Waals surface area contributed by atoms with Gasteiger partial charge in [-0.3, -0.25) is 0 Å². The van der Waals surface area contributed by atoms with Crippen molar-refractivity contribution in [2.75, 3.05) is 0 Å². The normalized spacial score (nSPS) is 13.1. The molecule has 3 rings (SSSR count). The minimum absolute atomic E-state index is 0.631. The summed E-state index contributed by atoms with van der Waals surface area (Å²) in [4.78, 5) is 4.22. The van der Waals surface area contributed by atoms with Gasteiger partial charge in [-0.05, 0) is 0 Å². The van der Waals surface area contributed by atoms with Gasteiger partial charge in [0.15, 0.2) is 11.7 Å². The van der Waals surface area contributed by atoms with Crippen LogP contribution in [0.3, 0.4) is 0 Å². The minimum atomic E-state index is 0.631. The first-order valence-corrected chi connectivity index (χ1v) is 4.20. The highest BCUT2D eigenvalue weighted by Gasteiger charge is 2.18. The maximum atomic E-state index is 5.36. The van der Waals surface area contributed by atoms with Crippen molar-refractivity contribution in [2.24, 2.45) is 10.8 Å². The van der Waals surface area contributed by atoms with Crippen LogP contribution in [0.1, 0.15) is 5.56 Å². The lowest BCUT2D eigenvalue weighted by Crippen LogP contribution is -2.29. The average Bonchev–Trinajstić information content (AvgIpc) is 2.60. The Hall–Kier alpha value is -2.01. The van der Waals surface area contributed by atoms with Crippen molar-refractivity contribution in [3.8, 4) is 0 Å². The van der Waals surface area contributed by atoms with Crippen LogP contribution in [0.5, 0.6) is 0 Å². The van der Waals surface area contributed by atoms with Crippen LogP contribution in [0.15, 0.2) is 29.4 Å². The average molecular weight is 185 g/mol.